The molecule has 3 atom stereocenters. The van der Waals surface area contributed by atoms with E-state index < -0.39 is 12.0 Å². The van der Waals surface area contributed by atoms with E-state index in [-0.39, 0.29) is 24.2 Å². The van der Waals surface area contributed by atoms with Crippen molar-refractivity contribution >= 4 is 11.9 Å². The number of carboxylic acids is 1. The molecule has 4 N–H and O–H groups in total. The van der Waals surface area contributed by atoms with Crippen molar-refractivity contribution in [2.45, 2.75) is 39.7 Å². The van der Waals surface area contributed by atoms with E-state index in [4.69, 9.17) is 10.8 Å². The van der Waals surface area contributed by atoms with Crippen LogP contribution in [0, 0.1) is 11.8 Å². The van der Waals surface area contributed by atoms with E-state index >= 15 is 0 Å². The summed E-state index contributed by atoms with van der Waals surface area (Å²) in [4.78, 5) is 22.0. The lowest BCUT2D eigenvalue weighted by atomic mass is 9.99. The number of carbonyl (C=O) groups excluding carboxylic acids is 1. The average molecular weight is 230 g/mol. The van der Waals surface area contributed by atoms with Crippen LogP contribution >= 0.6 is 0 Å². The number of rotatable bonds is 7. The van der Waals surface area contributed by atoms with Gasteiger partial charge in [-0.05, 0) is 11.8 Å². The number of aliphatic carboxylic acids is 1. The van der Waals surface area contributed by atoms with Crippen molar-refractivity contribution in [1.29, 1.82) is 0 Å². The van der Waals surface area contributed by atoms with Gasteiger partial charge in [0.15, 0.2) is 0 Å². The van der Waals surface area contributed by atoms with Crippen LogP contribution in [0.5, 0.6) is 0 Å². The van der Waals surface area contributed by atoms with Gasteiger partial charge in [-0.2, -0.15) is 0 Å². The van der Waals surface area contributed by atoms with Gasteiger partial charge in [-0.15, -0.1) is 0 Å². The predicted octanol–water partition coefficient (Wildman–Crippen LogP) is 0.587. The molecule has 1 amide bonds. The van der Waals surface area contributed by atoms with E-state index in [1.165, 1.54) is 0 Å². The molecule has 0 aromatic heterocycles. The van der Waals surface area contributed by atoms with Crippen LogP contribution in [0.2, 0.25) is 0 Å². The van der Waals surface area contributed by atoms with Crippen molar-refractivity contribution in [2.75, 3.05) is 6.54 Å². The molecule has 0 aromatic carbocycles. The number of nitrogens with two attached hydrogens (primary N) is 1. The first-order valence-corrected chi connectivity index (χ1v) is 5.63. The van der Waals surface area contributed by atoms with Gasteiger partial charge < -0.3 is 16.2 Å². The monoisotopic (exact) mass is 230 g/mol. The number of hydrogen-bond acceptors (Lipinski definition) is 3. The summed E-state index contributed by atoms with van der Waals surface area (Å²) in [6.45, 7) is 6.04. The van der Waals surface area contributed by atoms with Crippen molar-refractivity contribution in [2.24, 2.45) is 17.6 Å². The van der Waals surface area contributed by atoms with E-state index in [1.54, 1.807) is 6.92 Å². The zero-order valence-corrected chi connectivity index (χ0v) is 10.2. The summed E-state index contributed by atoms with van der Waals surface area (Å²) in [5.41, 5.74) is 5.73. The Hall–Kier alpha value is -1.10. The minimum atomic E-state index is -0.854. The smallest absolute Gasteiger partial charge is 0.303 e. The van der Waals surface area contributed by atoms with Crippen molar-refractivity contribution < 1.29 is 14.7 Å². The molecule has 0 aromatic rings. The van der Waals surface area contributed by atoms with Crippen LogP contribution in [0.25, 0.3) is 0 Å². The van der Waals surface area contributed by atoms with Gasteiger partial charge in [0.1, 0.15) is 0 Å². The van der Waals surface area contributed by atoms with Crippen LogP contribution in [-0.2, 0) is 9.59 Å². The summed E-state index contributed by atoms with van der Waals surface area (Å²) >= 11 is 0. The third-order valence-electron chi connectivity index (χ3n) is 2.71. The molecule has 0 radical (unpaired) electrons. The molecule has 0 saturated heterocycles. The fourth-order valence-corrected chi connectivity index (χ4v) is 1.28. The quantitative estimate of drug-likeness (QED) is 0.596. The first-order chi connectivity index (χ1) is 7.38. The lowest BCUT2D eigenvalue weighted by molar-refractivity contribution is -0.138. The van der Waals surface area contributed by atoms with Gasteiger partial charge in [0.25, 0.3) is 0 Å². The van der Waals surface area contributed by atoms with E-state index in [9.17, 15) is 9.59 Å². The molecular formula is C11H22N2O3. The van der Waals surface area contributed by atoms with Crippen molar-refractivity contribution in [3.05, 3.63) is 0 Å². The lowest BCUT2D eigenvalue weighted by Crippen LogP contribution is -2.45. The van der Waals surface area contributed by atoms with E-state index in [2.05, 4.69) is 5.32 Å². The Kier molecular flexibility index (Phi) is 6.72. The fourth-order valence-electron chi connectivity index (χ4n) is 1.28. The molecule has 0 aliphatic carbocycles. The SMILES string of the molecule is CCC(C)[C@H](N)C(=O)NCC(C)CC(=O)O. The number of carbonyl (C=O) groups is 2. The topological polar surface area (TPSA) is 92.4 Å². The highest BCUT2D eigenvalue weighted by molar-refractivity contribution is 5.81. The van der Waals surface area contributed by atoms with Crippen LogP contribution in [0.15, 0.2) is 0 Å². The molecule has 2 unspecified atom stereocenters. The second-order valence-corrected chi connectivity index (χ2v) is 4.36. The first-order valence-electron chi connectivity index (χ1n) is 5.63. The molecule has 0 bridgehead atoms. The molecule has 94 valence electrons. The predicted molar refractivity (Wildman–Crippen MR) is 61.9 cm³/mol. The third kappa shape index (κ3) is 5.70. The normalized spacial score (nSPS) is 16.2. The maximum atomic E-state index is 11.6. The summed E-state index contributed by atoms with van der Waals surface area (Å²) in [5, 5.41) is 11.2. The van der Waals surface area contributed by atoms with Crippen LogP contribution in [0.4, 0.5) is 0 Å². The molecule has 5 nitrogen and oxygen atoms in total. The molecule has 0 aliphatic rings. The summed E-state index contributed by atoms with van der Waals surface area (Å²) in [5.74, 6) is -1.00. The van der Waals surface area contributed by atoms with Gasteiger partial charge in [-0.3, -0.25) is 9.59 Å². The average Bonchev–Trinajstić information content (AvgIpc) is 2.22. The van der Waals surface area contributed by atoms with Crippen molar-refractivity contribution in [3.8, 4) is 0 Å². The van der Waals surface area contributed by atoms with Crippen molar-refractivity contribution in [1.82, 2.24) is 5.32 Å². The molecule has 0 aliphatic heterocycles. The van der Waals surface area contributed by atoms with Gasteiger partial charge >= 0.3 is 5.97 Å². The Morgan fingerprint density at radius 3 is 2.38 bits per heavy atom. The van der Waals surface area contributed by atoms with Crippen molar-refractivity contribution in [3.63, 3.8) is 0 Å². The first kappa shape index (κ1) is 14.9. The second-order valence-electron chi connectivity index (χ2n) is 4.36. The van der Waals surface area contributed by atoms with E-state index in [0.717, 1.165) is 6.42 Å². The zero-order valence-electron chi connectivity index (χ0n) is 10.2. The Labute approximate surface area is 96.4 Å². The maximum absolute atomic E-state index is 11.6. The van der Waals surface area contributed by atoms with Gasteiger partial charge in [0.2, 0.25) is 5.91 Å². The van der Waals surface area contributed by atoms with Crippen LogP contribution in [-0.4, -0.2) is 29.6 Å². The largest absolute Gasteiger partial charge is 0.481 e. The number of hydrogen-bond donors (Lipinski definition) is 3. The number of amides is 1. The summed E-state index contributed by atoms with van der Waals surface area (Å²) < 4.78 is 0. The Balaban J connectivity index is 3.92. The summed E-state index contributed by atoms with van der Waals surface area (Å²) in [6, 6.07) is -0.512. The van der Waals surface area contributed by atoms with E-state index in [0.29, 0.717) is 6.54 Å². The van der Waals surface area contributed by atoms with Gasteiger partial charge in [0, 0.05) is 13.0 Å². The minimum Gasteiger partial charge on any atom is -0.481 e. The Bertz CT molecular complexity index is 243. The fraction of sp³-hybridized carbons (Fsp3) is 0.818. The standard InChI is InChI=1S/C11H22N2O3/c1-4-8(3)10(12)11(16)13-6-7(2)5-9(14)15/h7-8,10H,4-6,12H2,1-3H3,(H,13,16)(H,14,15)/t7?,8?,10-/m0/s1. The molecule has 0 saturated carbocycles. The van der Waals surface area contributed by atoms with Gasteiger partial charge in [0.05, 0.1) is 6.04 Å². The maximum Gasteiger partial charge on any atom is 0.303 e. The summed E-state index contributed by atoms with van der Waals surface area (Å²) in [6.07, 6.45) is 0.901. The molecular weight excluding hydrogens is 208 g/mol. The Morgan fingerprint density at radius 1 is 1.38 bits per heavy atom. The van der Waals surface area contributed by atoms with E-state index in [1.807, 2.05) is 13.8 Å². The highest BCUT2D eigenvalue weighted by Crippen LogP contribution is 2.06. The van der Waals surface area contributed by atoms with Crippen LogP contribution in [0.3, 0.4) is 0 Å². The molecule has 0 rings (SSSR count). The zero-order chi connectivity index (χ0) is 12.7. The van der Waals surface area contributed by atoms with Gasteiger partial charge in [-0.1, -0.05) is 27.2 Å². The highest BCUT2D eigenvalue weighted by atomic mass is 16.4. The second kappa shape index (κ2) is 7.22. The summed E-state index contributed by atoms with van der Waals surface area (Å²) in [7, 11) is 0. The van der Waals surface area contributed by atoms with Crippen LogP contribution in [0.1, 0.15) is 33.6 Å². The lowest BCUT2D eigenvalue weighted by Gasteiger charge is -2.19. The highest BCUT2D eigenvalue weighted by Gasteiger charge is 2.19. The molecule has 5 heteroatoms. The number of carboxylic acid groups (broad SMARTS) is 1. The minimum absolute atomic E-state index is 0.0544. The third-order valence-corrected chi connectivity index (χ3v) is 2.71. The number of nitrogens with one attached hydrogen (secondary N) is 1. The van der Waals surface area contributed by atoms with Gasteiger partial charge in [-0.25, -0.2) is 0 Å². The molecule has 0 spiro atoms. The molecule has 16 heavy (non-hydrogen) atoms. The molecule has 0 fully saturated rings. The van der Waals surface area contributed by atoms with Crippen LogP contribution < -0.4 is 11.1 Å². The Morgan fingerprint density at radius 2 is 1.94 bits per heavy atom. The molecule has 0 heterocycles.